The SMILES string of the molecule is NC(=O)N(OC(=O)C(F)(F)F)c1ccccc1. The average molecular weight is 248 g/mol. The number of benzene rings is 1. The quantitative estimate of drug-likeness (QED) is 0.767. The molecule has 0 saturated carbocycles. The standard InChI is InChI=1S/C9H7F3N2O3/c10-9(11,12)7(15)17-14(8(13)16)6-4-2-1-3-5-6/h1-5H,(H2,13,16). The van der Waals surface area contributed by atoms with Gasteiger partial charge < -0.3 is 10.6 Å². The molecule has 0 bridgehead atoms. The number of carbonyl (C=O) groups excluding carboxylic acids is 2. The molecule has 0 aliphatic rings. The summed E-state index contributed by atoms with van der Waals surface area (Å²) in [4.78, 5) is 25.3. The molecule has 0 atom stereocenters. The molecule has 1 aromatic rings. The van der Waals surface area contributed by atoms with Crippen LogP contribution in [0.5, 0.6) is 0 Å². The second-order valence-electron chi connectivity index (χ2n) is 2.84. The van der Waals surface area contributed by atoms with Crippen LogP contribution in [0.25, 0.3) is 0 Å². The van der Waals surface area contributed by atoms with Crippen molar-refractivity contribution in [3.63, 3.8) is 0 Å². The van der Waals surface area contributed by atoms with Crippen molar-refractivity contribution in [2.75, 3.05) is 5.06 Å². The minimum atomic E-state index is -5.21. The topological polar surface area (TPSA) is 72.6 Å². The molecule has 17 heavy (non-hydrogen) atoms. The summed E-state index contributed by atoms with van der Waals surface area (Å²) in [5.74, 6) is -2.53. The van der Waals surface area contributed by atoms with Gasteiger partial charge in [0.05, 0.1) is 5.69 Å². The van der Waals surface area contributed by atoms with Gasteiger partial charge in [0.25, 0.3) is 0 Å². The summed E-state index contributed by atoms with van der Waals surface area (Å²) in [5.41, 5.74) is 4.72. The number of alkyl halides is 3. The van der Waals surface area contributed by atoms with E-state index in [0.717, 1.165) is 0 Å². The number of nitrogens with zero attached hydrogens (tertiary/aromatic N) is 1. The predicted molar refractivity (Wildman–Crippen MR) is 50.7 cm³/mol. The molecule has 0 spiro atoms. The van der Waals surface area contributed by atoms with Crippen LogP contribution in [0.2, 0.25) is 0 Å². The van der Waals surface area contributed by atoms with Crippen molar-refractivity contribution in [1.29, 1.82) is 0 Å². The third kappa shape index (κ3) is 3.37. The highest BCUT2D eigenvalue weighted by molar-refractivity contribution is 5.91. The van der Waals surface area contributed by atoms with Crippen LogP contribution in [-0.2, 0) is 9.63 Å². The average Bonchev–Trinajstić information content (AvgIpc) is 2.25. The molecule has 0 unspecified atom stereocenters. The summed E-state index contributed by atoms with van der Waals surface area (Å²) < 4.78 is 35.8. The summed E-state index contributed by atoms with van der Waals surface area (Å²) >= 11 is 0. The van der Waals surface area contributed by atoms with Crippen molar-refractivity contribution >= 4 is 17.7 Å². The maximum atomic E-state index is 11.9. The third-order valence-corrected chi connectivity index (χ3v) is 1.60. The lowest BCUT2D eigenvalue weighted by Crippen LogP contribution is -2.41. The van der Waals surface area contributed by atoms with Gasteiger partial charge >= 0.3 is 18.2 Å². The second kappa shape index (κ2) is 4.73. The van der Waals surface area contributed by atoms with Gasteiger partial charge in [-0.05, 0) is 12.1 Å². The molecule has 1 aromatic carbocycles. The van der Waals surface area contributed by atoms with Crippen molar-refractivity contribution in [3.05, 3.63) is 30.3 Å². The highest BCUT2D eigenvalue weighted by atomic mass is 19.4. The number of para-hydroxylation sites is 1. The molecule has 0 radical (unpaired) electrons. The first-order valence-corrected chi connectivity index (χ1v) is 4.26. The summed E-state index contributed by atoms with van der Waals surface area (Å²) in [6, 6.07) is 5.62. The van der Waals surface area contributed by atoms with Crippen molar-refractivity contribution in [2.24, 2.45) is 5.73 Å². The molecule has 8 heteroatoms. The lowest BCUT2D eigenvalue weighted by atomic mass is 10.3. The van der Waals surface area contributed by atoms with Crippen LogP contribution in [-0.4, -0.2) is 18.2 Å². The Hall–Kier alpha value is -2.25. The number of amides is 2. The fourth-order valence-corrected chi connectivity index (χ4v) is 0.923. The molecule has 0 aliphatic carbocycles. The van der Waals surface area contributed by atoms with Gasteiger partial charge in [-0.15, -0.1) is 5.06 Å². The number of anilines is 1. The van der Waals surface area contributed by atoms with Gasteiger partial charge in [0.2, 0.25) is 0 Å². The maximum Gasteiger partial charge on any atom is 0.493 e. The maximum absolute atomic E-state index is 11.9. The number of urea groups is 1. The van der Waals surface area contributed by atoms with E-state index in [1.54, 1.807) is 6.07 Å². The highest BCUT2D eigenvalue weighted by Gasteiger charge is 2.43. The van der Waals surface area contributed by atoms with E-state index in [-0.39, 0.29) is 10.8 Å². The number of rotatable bonds is 1. The number of halogens is 3. The van der Waals surface area contributed by atoms with Crippen LogP contribution in [0.4, 0.5) is 23.7 Å². The van der Waals surface area contributed by atoms with Crippen LogP contribution >= 0.6 is 0 Å². The van der Waals surface area contributed by atoms with Crippen molar-refractivity contribution in [3.8, 4) is 0 Å². The molecule has 0 aliphatic heterocycles. The Morgan fingerprint density at radius 3 is 2.12 bits per heavy atom. The van der Waals surface area contributed by atoms with E-state index < -0.39 is 18.2 Å². The summed E-state index contributed by atoms with van der Waals surface area (Å²) in [6.45, 7) is 0. The molecule has 0 aromatic heterocycles. The second-order valence-corrected chi connectivity index (χ2v) is 2.84. The third-order valence-electron chi connectivity index (χ3n) is 1.60. The van der Waals surface area contributed by atoms with Crippen molar-refractivity contribution in [2.45, 2.75) is 6.18 Å². The molecule has 5 nitrogen and oxygen atoms in total. The van der Waals surface area contributed by atoms with Crippen LogP contribution in [0.1, 0.15) is 0 Å². The fraction of sp³-hybridized carbons (Fsp3) is 0.111. The predicted octanol–water partition coefficient (Wildman–Crippen LogP) is 1.59. The van der Waals surface area contributed by atoms with Gasteiger partial charge in [-0.3, -0.25) is 0 Å². The monoisotopic (exact) mass is 248 g/mol. The first-order valence-electron chi connectivity index (χ1n) is 4.26. The van der Waals surface area contributed by atoms with Gasteiger partial charge in [-0.1, -0.05) is 18.2 Å². The normalized spacial score (nSPS) is 10.8. The van der Waals surface area contributed by atoms with Gasteiger partial charge in [-0.25, -0.2) is 9.59 Å². The Bertz CT molecular complexity index is 419. The number of nitrogens with two attached hydrogens (primary N) is 1. The molecule has 2 amide bonds. The number of hydrogen-bond donors (Lipinski definition) is 1. The van der Waals surface area contributed by atoms with Crippen LogP contribution in [0.15, 0.2) is 30.3 Å². The number of hydrogen-bond acceptors (Lipinski definition) is 3. The fourth-order valence-electron chi connectivity index (χ4n) is 0.923. The van der Waals surface area contributed by atoms with Crippen LogP contribution < -0.4 is 10.8 Å². The zero-order valence-corrected chi connectivity index (χ0v) is 8.27. The first kappa shape index (κ1) is 12.8. The van der Waals surface area contributed by atoms with Gasteiger partial charge in [0, 0.05) is 0 Å². The van der Waals surface area contributed by atoms with Gasteiger partial charge in [0.15, 0.2) is 0 Å². The molecule has 0 heterocycles. The summed E-state index contributed by atoms with van der Waals surface area (Å²) in [7, 11) is 0. The number of hydroxylamine groups is 1. The Labute approximate surface area is 93.5 Å². The van der Waals surface area contributed by atoms with Crippen molar-refractivity contribution in [1.82, 2.24) is 0 Å². The highest BCUT2D eigenvalue weighted by Crippen LogP contribution is 2.20. The largest absolute Gasteiger partial charge is 0.493 e. The lowest BCUT2D eigenvalue weighted by molar-refractivity contribution is -0.199. The lowest BCUT2D eigenvalue weighted by Gasteiger charge is -2.19. The Morgan fingerprint density at radius 2 is 1.71 bits per heavy atom. The molecule has 0 saturated heterocycles. The summed E-state index contributed by atoms with van der Waals surface area (Å²) in [5, 5.41) is 0.0653. The molecule has 2 N–H and O–H groups in total. The first-order chi connectivity index (χ1) is 7.82. The molecular formula is C9H7F3N2O3. The zero-order valence-electron chi connectivity index (χ0n) is 8.27. The summed E-state index contributed by atoms with van der Waals surface area (Å²) in [6.07, 6.45) is -5.21. The van der Waals surface area contributed by atoms with E-state index in [0.29, 0.717) is 0 Å². The minimum Gasteiger partial charge on any atom is -0.349 e. The molecule has 1 rings (SSSR count). The minimum absolute atomic E-state index is 0.0653. The van der Waals surface area contributed by atoms with E-state index in [1.807, 2.05) is 0 Å². The van der Waals surface area contributed by atoms with E-state index in [1.165, 1.54) is 24.3 Å². The molecular weight excluding hydrogens is 241 g/mol. The van der Waals surface area contributed by atoms with E-state index >= 15 is 0 Å². The number of primary amides is 1. The van der Waals surface area contributed by atoms with Crippen LogP contribution in [0.3, 0.4) is 0 Å². The van der Waals surface area contributed by atoms with E-state index in [2.05, 4.69) is 4.84 Å². The Kier molecular flexibility index (Phi) is 3.56. The Morgan fingerprint density at radius 1 is 1.18 bits per heavy atom. The van der Waals surface area contributed by atoms with Gasteiger partial charge in [-0.2, -0.15) is 13.2 Å². The van der Waals surface area contributed by atoms with Crippen molar-refractivity contribution < 1.29 is 27.6 Å². The molecule has 92 valence electrons. The van der Waals surface area contributed by atoms with E-state index in [4.69, 9.17) is 5.73 Å². The van der Waals surface area contributed by atoms with Gasteiger partial charge in [0.1, 0.15) is 0 Å². The number of carbonyl (C=O) groups is 2. The molecule has 0 fully saturated rings. The van der Waals surface area contributed by atoms with E-state index in [9.17, 15) is 22.8 Å². The Balaban J connectivity index is 2.90. The van der Waals surface area contributed by atoms with Crippen LogP contribution in [0, 0.1) is 0 Å². The zero-order chi connectivity index (χ0) is 13.1. The smallest absolute Gasteiger partial charge is 0.349 e.